The van der Waals surface area contributed by atoms with Gasteiger partial charge in [0.05, 0.1) is 11.4 Å². The summed E-state index contributed by atoms with van der Waals surface area (Å²) in [6.45, 7) is 1.99. The molecule has 0 atom stereocenters. The van der Waals surface area contributed by atoms with Crippen molar-refractivity contribution in [2.45, 2.75) is 12.6 Å². The molecule has 0 fully saturated rings. The summed E-state index contributed by atoms with van der Waals surface area (Å²) < 4.78 is 0. The Kier molecular flexibility index (Phi) is 3.85. The SMILES string of the molecule is CNN1C(=O)C(NC)(NC)c2cnc(-c3ccncc3C)cc21. The summed E-state index contributed by atoms with van der Waals surface area (Å²) in [5, 5.41) is 7.68. The molecule has 0 saturated carbocycles. The molecule has 0 unspecified atom stereocenters. The molecule has 3 rings (SSSR count). The maximum Gasteiger partial charge on any atom is 0.281 e. The number of likely N-dealkylation sites (N-methyl/N-ethyl adjacent to an activating group) is 2. The second-order valence-corrected chi connectivity index (χ2v) is 5.39. The van der Waals surface area contributed by atoms with Gasteiger partial charge in [-0.3, -0.25) is 25.4 Å². The van der Waals surface area contributed by atoms with E-state index in [-0.39, 0.29) is 5.91 Å². The number of pyridine rings is 2. The van der Waals surface area contributed by atoms with E-state index in [1.807, 2.05) is 19.1 Å². The maximum absolute atomic E-state index is 12.8. The number of anilines is 1. The molecule has 120 valence electrons. The van der Waals surface area contributed by atoms with Crippen LogP contribution >= 0.6 is 0 Å². The Morgan fingerprint density at radius 3 is 2.52 bits per heavy atom. The molecule has 0 aromatic carbocycles. The number of aromatic nitrogens is 2. The van der Waals surface area contributed by atoms with Crippen molar-refractivity contribution in [2.75, 3.05) is 26.2 Å². The lowest BCUT2D eigenvalue weighted by Gasteiger charge is -2.27. The molecule has 1 aliphatic heterocycles. The fraction of sp³-hybridized carbons (Fsp3) is 0.312. The Balaban J connectivity index is 2.19. The second-order valence-electron chi connectivity index (χ2n) is 5.39. The van der Waals surface area contributed by atoms with Gasteiger partial charge in [0.15, 0.2) is 5.66 Å². The van der Waals surface area contributed by atoms with Crippen molar-refractivity contribution >= 4 is 11.6 Å². The average molecular weight is 312 g/mol. The summed E-state index contributed by atoms with van der Waals surface area (Å²) in [7, 11) is 5.22. The summed E-state index contributed by atoms with van der Waals surface area (Å²) in [4.78, 5) is 21.5. The van der Waals surface area contributed by atoms with Crippen LogP contribution in [0.15, 0.2) is 30.7 Å². The van der Waals surface area contributed by atoms with Gasteiger partial charge in [0.25, 0.3) is 5.91 Å². The number of amides is 1. The van der Waals surface area contributed by atoms with Crippen molar-refractivity contribution in [1.82, 2.24) is 26.0 Å². The highest BCUT2D eigenvalue weighted by Crippen LogP contribution is 2.38. The minimum absolute atomic E-state index is 0.120. The molecule has 7 heteroatoms. The summed E-state index contributed by atoms with van der Waals surface area (Å²) in [5.41, 5.74) is 6.38. The monoisotopic (exact) mass is 312 g/mol. The molecular formula is C16H20N6O. The van der Waals surface area contributed by atoms with Crippen LogP contribution in [-0.4, -0.2) is 37.0 Å². The van der Waals surface area contributed by atoms with Crippen LogP contribution in [0, 0.1) is 6.92 Å². The molecule has 2 aromatic rings. The number of aryl methyl sites for hydroxylation is 1. The molecule has 7 nitrogen and oxygen atoms in total. The smallest absolute Gasteiger partial charge is 0.281 e. The van der Waals surface area contributed by atoms with Crippen LogP contribution in [0.5, 0.6) is 0 Å². The lowest BCUT2D eigenvalue weighted by atomic mass is 10.0. The fourth-order valence-corrected chi connectivity index (χ4v) is 3.05. The Labute approximate surface area is 135 Å². The highest BCUT2D eigenvalue weighted by Gasteiger charge is 2.49. The number of carbonyl (C=O) groups is 1. The molecule has 23 heavy (non-hydrogen) atoms. The van der Waals surface area contributed by atoms with E-state index in [4.69, 9.17) is 0 Å². The zero-order valence-electron chi connectivity index (χ0n) is 13.6. The number of hydrogen-bond donors (Lipinski definition) is 3. The molecule has 0 bridgehead atoms. The first-order valence-electron chi connectivity index (χ1n) is 7.40. The van der Waals surface area contributed by atoms with Gasteiger partial charge in [0.2, 0.25) is 0 Å². The fourth-order valence-electron chi connectivity index (χ4n) is 3.05. The summed E-state index contributed by atoms with van der Waals surface area (Å²) in [6, 6.07) is 3.84. The van der Waals surface area contributed by atoms with Gasteiger partial charge in [-0.1, -0.05) is 0 Å². The minimum Gasteiger partial charge on any atom is -0.290 e. The Morgan fingerprint density at radius 1 is 1.17 bits per heavy atom. The van der Waals surface area contributed by atoms with E-state index in [1.165, 1.54) is 5.01 Å². The number of hydrazine groups is 1. The van der Waals surface area contributed by atoms with Gasteiger partial charge >= 0.3 is 0 Å². The van der Waals surface area contributed by atoms with Crippen LogP contribution in [0.2, 0.25) is 0 Å². The van der Waals surface area contributed by atoms with Gasteiger partial charge in [-0.25, -0.2) is 10.4 Å². The summed E-state index contributed by atoms with van der Waals surface area (Å²) >= 11 is 0. The molecule has 2 aromatic heterocycles. The van der Waals surface area contributed by atoms with Gasteiger partial charge in [0, 0.05) is 36.8 Å². The standard InChI is InChI=1S/C16H20N6O/c1-10-8-20-6-5-11(10)13-7-14-12(9-21-13)16(17-2,18-3)15(23)22(14)19-4/h5-9,17-19H,1-4H3. The van der Waals surface area contributed by atoms with E-state index >= 15 is 0 Å². The highest BCUT2D eigenvalue weighted by molar-refractivity contribution is 6.07. The van der Waals surface area contributed by atoms with Crippen LogP contribution in [0.3, 0.4) is 0 Å². The van der Waals surface area contributed by atoms with Crippen LogP contribution in [-0.2, 0) is 10.5 Å². The summed E-state index contributed by atoms with van der Waals surface area (Å²) in [5.74, 6) is -0.120. The normalized spacial score (nSPS) is 15.8. The molecule has 1 aliphatic rings. The molecule has 0 aliphatic carbocycles. The van der Waals surface area contributed by atoms with Crippen molar-refractivity contribution in [2.24, 2.45) is 0 Å². The largest absolute Gasteiger partial charge is 0.290 e. The van der Waals surface area contributed by atoms with E-state index in [2.05, 4.69) is 26.0 Å². The maximum atomic E-state index is 12.8. The van der Waals surface area contributed by atoms with Crippen molar-refractivity contribution in [3.63, 3.8) is 0 Å². The molecule has 3 heterocycles. The van der Waals surface area contributed by atoms with Crippen LogP contribution in [0.1, 0.15) is 11.1 Å². The zero-order chi connectivity index (χ0) is 16.6. The van der Waals surface area contributed by atoms with Gasteiger partial charge in [-0.15, -0.1) is 0 Å². The minimum atomic E-state index is -0.975. The van der Waals surface area contributed by atoms with Crippen molar-refractivity contribution in [1.29, 1.82) is 0 Å². The van der Waals surface area contributed by atoms with Crippen LogP contribution < -0.4 is 21.1 Å². The molecule has 1 amide bonds. The number of fused-ring (bicyclic) bond motifs is 1. The third-order valence-corrected chi connectivity index (χ3v) is 4.32. The van der Waals surface area contributed by atoms with Crippen molar-refractivity contribution < 1.29 is 4.79 Å². The quantitative estimate of drug-likeness (QED) is 0.714. The predicted octanol–water partition coefficient (Wildman–Crippen LogP) is 0.525. The molecule has 0 saturated heterocycles. The first-order valence-corrected chi connectivity index (χ1v) is 7.40. The third-order valence-electron chi connectivity index (χ3n) is 4.32. The van der Waals surface area contributed by atoms with Gasteiger partial charge in [-0.2, -0.15) is 0 Å². The van der Waals surface area contributed by atoms with E-state index in [9.17, 15) is 4.79 Å². The van der Waals surface area contributed by atoms with Crippen LogP contribution in [0.25, 0.3) is 11.3 Å². The van der Waals surface area contributed by atoms with Gasteiger partial charge in [0.1, 0.15) is 0 Å². The Morgan fingerprint density at radius 2 is 1.91 bits per heavy atom. The molecular weight excluding hydrogens is 292 g/mol. The number of carbonyl (C=O) groups excluding carboxylic acids is 1. The number of hydrogen-bond acceptors (Lipinski definition) is 6. The number of nitrogens with zero attached hydrogens (tertiary/aromatic N) is 3. The Hall–Kier alpha value is -2.35. The lowest BCUT2D eigenvalue weighted by Crippen LogP contribution is -2.59. The van der Waals surface area contributed by atoms with Gasteiger partial charge in [-0.05, 0) is 38.7 Å². The van der Waals surface area contributed by atoms with Crippen molar-refractivity contribution in [3.05, 3.63) is 41.9 Å². The number of nitrogens with one attached hydrogen (secondary N) is 3. The Bertz CT molecular complexity index is 756. The number of rotatable bonds is 4. The lowest BCUT2D eigenvalue weighted by molar-refractivity contribution is -0.125. The van der Waals surface area contributed by atoms with Gasteiger partial charge < -0.3 is 0 Å². The average Bonchev–Trinajstić information content (AvgIpc) is 2.82. The first kappa shape index (κ1) is 15.5. The zero-order valence-corrected chi connectivity index (χ0v) is 13.6. The van der Waals surface area contributed by atoms with Crippen molar-refractivity contribution in [3.8, 4) is 11.3 Å². The van der Waals surface area contributed by atoms with E-state index in [1.54, 1.807) is 39.7 Å². The molecule has 0 radical (unpaired) electrons. The topological polar surface area (TPSA) is 82.2 Å². The van der Waals surface area contributed by atoms with E-state index in [0.717, 1.165) is 28.1 Å². The molecule has 3 N–H and O–H groups in total. The highest BCUT2D eigenvalue weighted by atomic mass is 16.2. The first-order chi connectivity index (χ1) is 11.1. The third kappa shape index (κ3) is 2.13. The van der Waals surface area contributed by atoms with E-state index in [0.29, 0.717) is 0 Å². The predicted molar refractivity (Wildman–Crippen MR) is 88.5 cm³/mol. The second kappa shape index (κ2) is 5.69. The summed E-state index contributed by atoms with van der Waals surface area (Å²) in [6.07, 6.45) is 5.28. The van der Waals surface area contributed by atoms with Crippen LogP contribution in [0.4, 0.5) is 5.69 Å². The van der Waals surface area contributed by atoms with E-state index < -0.39 is 5.66 Å². The molecule has 0 spiro atoms.